The average molecular weight is 482 g/mol. The average Bonchev–Trinajstić information content (AvgIpc) is 2.90. The largest absolute Gasteiger partial charge is 0.469 e. The Morgan fingerprint density at radius 1 is 1.23 bits per heavy atom. The molecule has 9 heteroatoms. The standard InChI is InChI=1S/C26H35N5O4/c1-17(23(25(33)35-2)13-18-7-6-12-31(16-18)26(28)30-34)29-24(32)22-11-10-20(14-21(22)15-27)19-8-4-3-5-9-19/h3-5,8-11,14,17-18,23,34H,6-7,12-13,15-16,27H2,1-2H3,(H2,28,30)(H,29,32)/t17-,18?,23?/m1/s1. The van der Waals surface area contributed by atoms with E-state index in [9.17, 15) is 9.59 Å². The van der Waals surface area contributed by atoms with Gasteiger partial charge in [0.25, 0.3) is 5.91 Å². The second-order valence-corrected chi connectivity index (χ2v) is 8.98. The van der Waals surface area contributed by atoms with Crippen molar-refractivity contribution < 1.29 is 19.5 Å². The van der Waals surface area contributed by atoms with Crippen molar-refractivity contribution in [3.63, 3.8) is 0 Å². The van der Waals surface area contributed by atoms with E-state index in [1.54, 1.807) is 11.0 Å². The van der Waals surface area contributed by atoms with Crippen molar-refractivity contribution in [3.8, 4) is 11.1 Å². The smallest absolute Gasteiger partial charge is 0.310 e. The number of hydrogen-bond donors (Lipinski definition) is 4. The molecule has 0 aliphatic carbocycles. The molecule has 0 aromatic heterocycles. The van der Waals surface area contributed by atoms with Crippen LogP contribution in [0.25, 0.3) is 11.1 Å². The molecule has 0 radical (unpaired) electrons. The predicted octanol–water partition coefficient (Wildman–Crippen LogP) is 2.53. The van der Waals surface area contributed by atoms with Gasteiger partial charge in [-0.3, -0.25) is 9.59 Å². The summed E-state index contributed by atoms with van der Waals surface area (Å²) >= 11 is 0. The molecule has 0 saturated carbocycles. The lowest BCUT2D eigenvalue weighted by Gasteiger charge is -2.35. The molecule has 188 valence electrons. The van der Waals surface area contributed by atoms with Gasteiger partial charge in [-0.1, -0.05) is 41.6 Å². The van der Waals surface area contributed by atoms with Crippen molar-refractivity contribution in [1.82, 2.24) is 10.2 Å². The number of ether oxygens (including phenoxy) is 1. The van der Waals surface area contributed by atoms with Crippen LogP contribution in [0.5, 0.6) is 0 Å². The second-order valence-electron chi connectivity index (χ2n) is 8.98. The van der Waals surface area contributed by atoms with Crippen LogP contribution in [0.3, 0.4) is 0 Å². The summed E-state index contributed by atoms with van der Waals surface area (Å²) in [6.07, 6.45) is 2.28. The Morgan fingerprint density at radius 3 is 2.63 bits per heavy atom. The Bertz CT molecular complexity index is 1040. The number of rotatable bonds is 8. The first kappa shape index (κ1) is 26.0. The topological polar surface area (TPSA) is 143 Å². The minimum Gasteiger partial charge on any atom is -0.469 e. The molecule has 9 nitrogen and oxygen atoms in total. The third-order valence-corrected chi connectivity index (χ3v) is 6.68. The highest BCUT2D eigenvalue weighted by molar-refractivity contribution is 5.96. The van der Waals surface area contributed by atoms with E-state index in [1.165, 1.54) is 7.11 Å². The number of carbonyl (C=O) groups is 2. The van der Waals surface area contributed by atoms with Gasteiger partial charge in [0.2, 0.25) is 5.96 Å². The minimum atomic E-state index is -0.536. The first-order valence-corrected chi connectivity index (χ1v) is 11.9. The third-order valence-electron chi connectivity index (χ3n) is 6.68. The molecular weight excluding hydrogens is 446 g/mol. The van der Waals surface area contributed by atoms with Gasteiger partial charge in [0, 0.05) is 31.2 Å². The minimum absolute atomic E-state index is 0.0685. The van der Waals surface area contributed by atoms with Crippen LogP contribution in [-0.4, -0.2) is 54.2 Å². The molecule has 6 N–H and O–H groups in total. The number of methoxy groups -OCH3 is 1. The maximum Gasteiger partial charge on any atom is 0.310 e. The fraction of sp³-hybridized carbons (Fsp3) is 0.423. The number of nitrogens with two attached hydrogens (primary N) is 2. The van der Waals surface area contributed by atoms with Crippen molar-refractivity contribution in [2.24, 2.45) is 28.5 Å². The van der Waals surface area contributed by atoms with Gasteiger partial charge >= 0.3 is 5.97 Å². The number of hydrogen-bond acceptors (Lipinski definition) is 6. The molecule has 1 heterocycles. The predicted molar refractivity (Wildman–Crippen MR) is 135 cm³/mol. The molecule has 1 aliphatic rings. The molecule has 1 amide bonds. The summed E-state index contributed by atoms with van der Waals surface area (Å²) in [4.78, 5) is 27.6. The van der Waals surface area contributed by atoms with Gasteiger partial charge in [-0.15, -0.1) is 0 Å². The lowest BCUT2D eigenvalue weighted by molar-refractivity contribution is -0.147. The molecule has 3 atom stereocenters. The zero-order chi connectivity index (χ0) is 25.4. The van der Waals surface area contributed by atoms with Gasteiger partial charge in [-0.05, 0) is 60.9 Å². The number of likely N-dealkylation sites (tertiary alicyclic amines) is 1. The van der Waals surface area contributed by atoms with E-state index >= 15 is 0 Å². The molecule has 35 heavy (non-hydrogen) atoms. The number of piperidine rings is 1. The number of benzene rings is 2. The van der Waals surface area contributed by atoms with E-state index < -0.39 is 12.0 Å². The van der Waals surface area contributed by atoms with Crippen molar-refractivity contribution in [2.45, 2.75) is 38.8 Å². The summed E-state index contributed by atoms with van der Waals surface area (Å²) in [6, 6.07) is 15.0. The summed E-state index contributed by atoms with van der Waals surface area (Å²) < 4.78 is 5.06. The number of carbonyl (C=O) groups excluding carboxylic acids is 2. The zero-order valence-corrected chi connectivity index (χ0v) is 20.3. The van der Waals surface area contributed by atoms with Gasteiger partial charge in [0.1, 0.15) is 0 Å². The summed E-state index contributed by atoms with van der Waals surface area (Å²) in [5.74, 6) is -0.993. The number of amides is 1. The van der Waals surface area contributed by atoms with Gasteiger partial charge in [-0.25, -0.2) is 0 Å². The zero-order valence-electron chi connectivity index (χ0n) is 20.3. The first-order chi connectivity index (χ1) is 16.9. The first-order valence-electron chi connectivity index (χ1n) is 11.9. The number of oxime groups is 1. The molecule has 1 aliphatic heterocycles. The Labute approximate surface area is 206 Å². The Morgan fingerprint density at radius 2 is 1.97 bits per heavy atom. The maximum atomic E-state index is 13.2. The molecule has 1 fully saturated rings. The van der Waals surface area contributed by atoms with Crippen LogP contribution < -0.4 is 16.8 Å². The fourth-order valence-corrected chi connectivity index (χ4v) is 4.72. The van der Waals surface area contributed by atoms with Crippen molar-refractivity contribution in [3.05, 3.63) is 59.7 Å². The van der Waals surface area contributed by atoms with E-state index in [-0.39, 0.29) is 30.3 Å². The Kier molecular flexibility index (Phi) is 9.08. The molecule has 3 rings (SSSR count). The SMILES string of the molecule is COC(=O)C(CC1CCCN(/C(N)=N/O)C1)[C@@H](C)NC(=O)c1ccc(-c2ccccc2)cc1CN. The van der Waals surface area contributed by atoms with E-state index in [2.05, 4.69) is 10.5 Å². The van der Waals surface area contributed by atoms with Crippen molar-refractivity contribution >= 4 is 17.8 Å². The molecule has 0 bridgehead atoms. The number of nitrogens with zero attached hydrogens (tertiary/aromatic N) is 2. The van der Waals surface area contributed by atoms with Gasteiger partial charge < -0.3 is 31.6 Å². The number of esters is 1. The lowest BCUT2D eigenvalue weighted by atomic mass is 9.85. The van der Waals surface area contributed by atoms with Crippen LogP contribution in [0.1, 0.15) is 42.1 Å². The Balaban J connectivity index is 1.73. The molecule has 0 spiro atoms. The summed E-state index contributed by atoms with van der Waals surface area (Å²) in [7, 11) is 1.35. The molecule has 2 unspecified atom stereocenters. The number of nitrogens with one attached hydrogen (secondary N) is 1. The monoisotopic (exact) mass is 481 g/mol. The van der Waals surface area contributed by atoms with Gasteiger partial charge in [0.15, 0.2) is 0 Å². The quantitative estimate of drug-likeness (QED) is 0.149. The molecule has 2 aromatic carbocycles. The highest BCUT2D eigenvalue weighted by atomic mass is 16.5. The summed E-state index contributed by atoms with van der Waals surface area (Å²) in [5.41, 5.74) is 15.0. The highest BCUT2D eigenvalue weighted by Gasteiger charge is 2.33. The lowest BCUT2D eigenvalue weighted by Crippen LogP contribution is -2.47. The molecular formula is C26H35N5O4. The number of guanidine groups is 1. The second kappa shape index (κ2) is 12.2. The highest BCUT2D eigenvalue weighted by Crippen LogP contribution is 2.27. The van der Waals surface area contributed by atoms with Crippen LogP contribution >= 0.6 is 0 Å². The van der Waals surface area contributed by atoms with Crippen LogP contribution in [0.15, 0.2) is 53.7 Å². The van der Waals surface area contributed by atoms with E-state index in [0.29, 0.717) is 25.1 Å². The molecule has 1 saturated heterocycles. The van der Waals surface area contributed by atoms with E-state index in [4.69, 9.17) is 21.4 Å². The molecule has 2 aromatic rings. The van der Waals surface area contributed by atoms with Crippen molar-refractivity contribution in [2.75, 3.05) is 20.2 Å². The maximum absolute atomic E-state index is 13.2. The van der Waals surface area contributed by atoms with E-state index in [0.717, 1.165) is 29.5 Å². The third kappa shape index (κ3) is 6.51. The van der Waals surface area contributed by atoms with Crippen LogP contribution in [0, 0.1) is 11.8 Å². The van der Waals surface area contributed by atoms with Gasteiger partial charge in [-0.2, -0.15) is 0 Å². The fourth-order valence-electron chi connectivity index (χ4n) is 4.72. The van der Waals surface area contributed by atoms with Crippen LogP contribution in [0.2, 0.25) is 0 Å². The van der Waals surface area contributed by atoms with Crippen LogP contribution in [0.4, 0.5) is 0 Å². The van der Waals surface area contributed by atoms with Gasteiger partial charge in [0.05, 0.1) is 13.0 Å². The summed E-state index contributed by atoms with van der Waals surface area (Å²) in [5, 5.41) is 15.1. The van der Waals surface area contributed by atoms with E-state index in [1.807, 2.05) is 49.4 Å². The summed E-state index contributed by atoms with van der Waals surface area (Å²) in [6.45, 7) is 3.29. The van der Waals surface area contributed by atoms with Crippen molar-refractivity contribution in [1.29, 1.82) is 0 Å². The normalized spacial score (nSPS) is 18.0. The Hall–Kier alpha value is -3.59. The van der Waals surface area contributed by atoms with Crippen LogP contribution in [-0.2, 0) is 16.1 Å².